The van der Waals surface area contributed by atoms with Crippen LogP contribution in [0, 0.1) is 18.6 Å². The summed E-state index contributed by atoms with van der Waals surface area (Å²) in [4.78, 5) is 75.0. The minimum absolute atomic E-state index is 0.00966. The molecule has 0 spiro atoms. The highest BCUT2D eigenvalue weighted by atomic mass is 19.1. The molecule has 0 aromatic heterocycles. The minimum Gasteiger partial charge on any atom is -0.444 e. The lowest BCUT2D eigenvalue weighted by Crippen LogP contribution is -2.48. The predicted molar refractivity (Wildman–Crippen MR) is 240 cm³/mol. The molecule has 0 unspecified atom stereocenters. The Bertz CT molecular complexity index is 2260. The van der Waals surface area contributed by atoms with Crippen molar-refractivity contribution in [1.82, 2.24) is 20.4 Å². The number of hydrogen-bond acceptors (Lipinski definition) is 9. The van der Waals surface area contributed by atoms with Gasteiger partial charge in [0, 0.05) is 54.1 Å². The normalized spacial score (nSPS) is 15.4. The van der Waals surface area contributed by atoms with E-state index < -0.39 is 64.3 Å². The number of carbonyl (C=O) groups is 5. The van der Waals surface area contributed by atoms with E-state index in [1.165, 1.54) is 19.1 Å². The van der Waals surface area contributed by atoms with E-state index >= 15 is 8.78 Å². The van der Waals surface area contributed by atoms with E-state index in [0.717, 1.165) is 6.07 Å². The third kappa shape index (κ3) is 15.5. The van der Waals surface area contributed by atoms with Gasteiger partial charge in [-0.05, 0) is 138 Å². The minimum atomic E-state index is -0.910. The van der Waals surface area contributed by atoms with E-state index in [4.69, 9.17) is 18.9 Å². The van der Waals surface area contributed by atoms with Crippen LogP contribution in [0.4, 0.5) is 33.6 Å². The maximum absolute atomic E-state index is 16.0. The van der Waals surface area contributed by atoms with Crippen molar-refractivity contribution >= 4 is 59.0 Å². The second-order valence-corrected chi connectivity index (χ2v) is 19.2. The van der Waals surface area contributed by atoms with Gasteiger partial charge < -0.3 is 34.1 Å². The fourth-order valence-electron chi connectivity index (χ4n) is 6.28. The quantitative estimate of drug-likeness (QED) is 0.151. The zero-order chi connectivity index (χ0) is 47.9. The number of guanidine groups is 2. The maximum atomic E-state index is 16.0. The molecule has 2 aliphatic heterocycles. The monoisotopic (exact) mass is 893 g/mol. The van der Waals surface area contributed by atoms with Crippen molar-refractivity contribution in [3.05, 3.63) is 76.4 Å². The maximum Gasteiger partial charge on any atom is 0.437 e. The van der Waals surface area contributed by atoms with Crippen molar-refractivity contribution in [1.29, 1.82) is 0 Å². The number of nitrogens with zero attached hydrogens (tertiary/aromatic N) is 4. The van der Waals surface area contributed by atoms with Crippen LogP contribution in [0.15, 0.2) is 52.5 Å². The molecule has 0 saturated carbocycles. The second kappa shape index (κ2) is 20.0. The van der Waals surface area contributed by atoms with Crippen LogP contribution in [0.2, 0.25) is 0 Å². The van der Waals surface area contributed by atoms with Gasteiger partial charge >= 0.3 is 24.4 Å². The Balaban J connectivity index is 1.46. The number of amides is 5. The molecular weight excluding hydrogens is 833 g/mol. The van der Waals surface area contributed by atoms with E-state index in [-0.39, 0.29) is 60.5 Å². The molecule has 5 amide bonds. The van der Waals surface area contributed by atoms with E-state index in [1.807, 2.05) is 0 Å². The summed E-state index contributed by atoms with van der Waals surface area (Å²) in [5.74, 6) is -2.03. The zero-order valence-electron chi connectivity index (χ0n) is 39.0. The summed E-state index contributed by atoms with van der Waals surface area (Å²) in [7, 11) is 0. The van der Waals surface area contributed by atoms with Gasteiger partial charge in [0.1, 0.15) is 34.0 Å². The summed E-state index contributed by atoms with van der Waals surface area (Å²) in [5.41, 5.74) is -1.04. The molecule has 0 saturated heterocycles. The molecule has 2 heterocycles. The highest BCUT2D eigenvalue weighted by Crippen LogP contribution is 2.31. The molecule has 4 rings (SSSR count). The molecule has 16 nitrogen and oxygen atoms in total. The number of rotatable bonds is 4. The summed E-state index contributed by atoms with van der Waals surface area (Å²) in [5, 5.41) is 7.75. The molecule has 0 atom stereocenters. The first-order valence-corrected chi connectivity index (χ1v) is 20.9. The van der Waals surface area contributed by atoms with Gasteiger partial charge in [0.25, 0.3) is 5.91 Å². The lowest BCUT2D eigenvalue weighted by Gasteiger charge is -2.30. The van der Waals surface area contributed by atoms with Crippen LogP contribution < -0.4 is 16.0 Å². The number of carbonyl (C=O) groups excluding carboxylic acids is 5. The molecule has 348 valence electrons. The van der Waals surface area contributed by atoms with Gasteiger partial charge in [-0.1, -0.05) is 18.2 Å². The van der Waals surface area contributed by atoms with Gasteiger partial charge in [0.2, 0.25) is 11.9 Å². The Labute approximate surface area is 373 Å². The number of anilines is 1. The molecule has 2 aromatic carbocycles. The van der Waals surface area contributed by atoms with Crippen LogP contribution in [0.25, 0.3) is 11.1 Å². The van der Waals surface area contributed by atoms with Crippen molar-refractivity contribution in [2.24, 2.45) is 9.98 Å². The van der Waals surface area contributed by atoms with Crippen LogP contribution in [-0.4, -0.2) is 101 Å². The SMILES string of the molecule is Cc1c(NC(=O)c2ccc(C3=CCN(/C(=N\C(=O)OC(C)(C)C)NC(=O)OC(C)(C)C)CC3)c(F)c2)ccc(C2=CCN(/C(=N/C(=O)OC(C)(C)C)NC(=O)OC(C)(C)C)CC2)c1F. The van der Waals surface area contributed by atoms with Crippen molar-refractivity contribution in [2.75, 3.05) is 31.5 Å². The van der Waals surface area contributed by atoms with Gasteiger partial charge in [-0.3, -0.25) is 15.4 Å². The number of aliphatic imine (C=N–C) groups is 2. The number of hydrogen-bond donors (Lipinski definition) is 3. The number of benzene rings is 2. The lowest BCUT2D eigenvalue weighted by atomic mass is 9.96. The van der Waals surface area contributed by atoms with Crippen LogP contribution in [0.1, 0.15) is 123 Å². The summed E-state index contributed by atoms with van der Waals surface area (Å²) >= 11 is 0. The number of nitrogens with one attached hydrogen (secondary N) is 3. The number of halogens is 2. The summed E-state index contributed by atoms with van der Waals surface area (Å²) < 4.78 is 53.0. The third-order valence-electron chi connectivity index (χ3n) is 8.98. The predicted octanol–water partition coefficient (Wildman–Crippen LogP) is 9.34. The molecule has 2 aliphatic rings. The average molecular weight is 894 g/mol. The number of alkyl carbamates (subject to hydrolysis) is 2. The van der Waals surface area contributed by atoms with Gasteiger partial charge in [-0.25, -0.2) is 28.0 Å². The molecule has 0 radical (unpaired) electrons. The first kappa shape index (κ1) is 50.3. The fourth-order valence-corrected chi connectivity index (χ4v) is 6.28. The van der Waals surface area contributed by atoms with Gasteiger partial charge in [-0.15, -0.1) is 9.98 Å². The molecule has 2 aromatic rings. The zero-order valence-corrected chi connectivity index (χ0v) is 39.0. The Morgan fingerprint density at radius 2 is 1.03 bits per heavy atom. The summed E-state index contributed by atoms with van der Waals surface area (Å²) in [6.07, 6.45) is 0.650. The molecule has 0 aliphatic carbocycles. The van der Waals surface area contributed by atoms with Crippen molar-refractivity contribution in [3.8, 4) is 0 Å². The largest absolute Gasteiger partial charge is 0.444 e. The fraction of sp³-hybridized carbons (Fsp3) is 0.500. The van der Waals surface area contributed by atoms with E-state index in [1.54, 1.807) is 117 Å². The highest BCUT2D eigenvalue weighted by Gasteiger charge is 2.28. The first-order valence-electron chi connectivity index (χ1n) is 20.9. The molecule has 3 N–H and O–H groups in total. The third-order valence-corrected chi connectivity index (χ3v) is 8.98. The van der Waals surface area contributed by atoms with Crippen LogP contribution >= 0.6 is 0 Å². The second-order valence-electron chi connectivity index (χ2n) is 19.2. The molecule has 64 heavy (non-hydrogen) atoms. The molecule has 0 fully saturated rings. The Kier molecular flexibility index (Phi) is 15.7. The van der Waals surface area contributed by atoms with Gasteiger partial charge in [0.05, 0.1) is 0 Å². The lowest BCUT2D eigenvalue weighted by molar-refractivity contribution is 0.0536. The van der Waals surface area contributed by atoms with Crippen molar-refractivity contribution < 1.29 is 51.7 Å². The Morgan fingerprint density at radius 1 is 0.609 bits per heavy atom. The topological polar surface area (TPSA) is 190 Å². The van der Waals surface area contributed by atoms with E-state index in [9.17, 15) is 24.0 Å². The summed E-state index contributed by atoms with van der Waals surface area (Å²) in [6.45, 7) is 22.7. The van der Waals surface area contributed by atoms with Crippen LogP contribution in [0.5, 0.6) is 0 Å². The van der Waals surface area contributed by atoms with Crippen LogP contribution in [-0.2, 0) is 18.9 Å². The van der Waals surface area contributed by atoms with E-state index in [2.05, 4.69) is 25.9 Å². The van der Waals surface area contributed by atoms with Gasteiger partial charge in [-0.2, -0.15) is 0 Å². The smallest absolute Gasteiger partial charge is 0.437 e. The van der Waals surface area contributed by atoms with E-state index in [0.29, 0.717) is 29.6 Å². The standard InChI is InChI=1S/C46H61F2N7O9/c1-27-34(17-16-32(35(27)48)29-20-24-55(25-21-29)38(52-41(59)63-45(8,9)10)53-42(60)64-46(11,12)13)49-36(56)30-14-15-31(33(47)26-30)28-18-22-54(23-19-28)37(50-39(57)61-43(2,3)4)51-40(58)62-44(5,6)7/h14-18,20,26H,19,21-25H2,1-13H3,(H,49,56)(H,50,51,57,58)(H,52,53,59,60). The Hall–Kier alpha value is -6.33. The molecule has 18 heteroatoms. The highest BCUT2D eigenvalue weighted by molar-refractivity contribution is 6.05. The number of ether oxygens (including phenoxy) is 4. The first-order chi connectivity index (χ1) is 29.5. The molecule has 0 bridgehead atoms. The molecular formula is C46H61F2N7O9. The van der Waals surface area contributed by atoms with Crippen molar-refractivity contribution in [2.45, 2.75) is 125 Å². The van der Waals surface area contributed by atoms with Crippen LogP contribution in [0.3, 0.4) is 0 Å². The summed E-state index contributed by atoms with van der Waals surface area (Å²) in [6, 6.07) is 7.18. The van der Waals surface area contributed by atoms with Crippen molar-refractivity contribution in [3.63, 3.8) is 0 Å². The van der Waals surface area contributed by atoms with Gasteiger partial charge in [0.15, 0.2) is 0 Å². The average Bonchev–Trinajstić information content (AvgIpc) is 3.13. The Morgan fingerprint density at radius 3 is 1.42 bits per heavy atom.